The Morgan fingerprint density at radius 2 is 1.90 bits per heavy atom. The summed E-state index contributed by atoms with van der Waals surface area (Å²) < 4.78 is 1.65. The summed E-state index contributed by atoms with van der Waals surface area (Å²) >= 11 is 0. The van der Waals surface area contributed by atoms with Gasteiger partial charge in [0.05, 0.1) is 4.92 Å². The van der Waals surface area contributed by atoms with Crippen molar-refractivity contribution in [1.29, 1.82) is 0 Å². The first kappa shape index (κ1) is 19.5. The number of benzene rings is 1. The number of rotatable bonds is 5. The summed E-state index contributed by atoms with van der Waals surface area (Å²) in [7, 11) is 0. The SMILES string of the molecule is Cc1cc([N+](=O)[O-])ccc1NC(=O)C1CCN(c2ccc(-n3cccn3)nn2)CC1. The smallest absolute Gasteiger partial charge is 0.269 e. The second kappa shape index (κ2) is 8.27. The highest BCUT2D eigenvalue weighted by Gasteiger charge is 2.26. The number of nitrogens with zero attached hydrogens (tertiary/aromatic N) is 6. The van der Waals surface area contributed by atoms with Crippen LogP contribution in [0.1, 0.15) is 18.4 Å². The van der Waals surface area contributed by atoms with E-state index >= 15 is 0 Å². The monoisotopic (exact) mass is 407 g/mol. The van der Waals surface area contributed by atoms with Gasteiger partial charge in [-0.25, -0.2) is 4.68 Å². The molecule has 1 aliphatic heterocycles. The summed E-state index contributed by atoms with van der Waals surface area (Å²) in [6, 6.07) is 10.0. The lowest BCUT2D eigenvalue weighted by atomic mass is 9.95. The molecule has 10 heteroatoms. The lowest BCUT2D eigenvalue weighted by molar-refractivity contribution is -0.384. The van der Waals surface area contributed by atoms with E-state index in [0.717, 1.165) is 5.82 Å². The molecule has 0 aliphatic carbocycles. The van der Waals surface area contributed by atoms with Crippen molar-refractivity contribution in [2.75, 3.05) is 23.3 Å². The van der Waals surface area contributed by atoms with Gasteiger partial charge in [0.15, 0.2) is 11.6 Å². The molecule has 1 N–H and O–H groups in total. The number of piperidine rings is 1. The van der Waals surface area contributed by atoms with Gasteiger partial charge in [-0.1, -0.05) is 0 Å². The van der Waals surface area contributed by atoms with E-state index in [-0.39, 0.29) is 17.5 Å². The van der Waals surface area contributed by atoms with Gasteiger partial charge in [0.25, 0.3) is 5.69 Å². The van der Waals surface area contributed by atoms with Gasteiger partial charge < -0.3 is 10.2 Å². The largest absolute Gasteiger partial charge is 0.355 e. The van der Waals surface area contributed by atoms with Crippen molar-refractivity contribution in [3.8, 4) is 5.82 Å². The van der Waals surface area contributed by atoms with E-state index in [1.807, 2.05) is 18.2 Å². The molecule has 2 aromatic heterocycles. The Labute approximate surface area is 172 Å². The summed E-state index contributed by atoms with van der Waals surface area (Å²) in [5.41, 5.74) is 1.29. The molecule has 3 aromatic rings. The highest BCUT2D eigenvalue weighted by molar-refractivity contribution is 5.93. The van der Waals surface area contributed by atoms with Gasteiger partial charge >= 0.3 is 0 Å². The van der Waals surface area contributed by atoms with Gasteiger partial charge in [-0.2, -0.15) is 5.10 Å². The van der Waals surface area contributed by atoms with E-state index in [2.05, 4.69) is 25.5 Å². The molecule has 1 amide bonds. The lowest BCUT2D eigenvalue weighted by Gasteiger charge is -2.31. The topological polar surface area (TPSA) is 119 Å². The van der Waals surface area contributed by atoms with Crippen LogP contribution >= 0.6 is 0 Å². The van der Waals surface area contributed by atoms with E-state index in [1.54, 1.807) is 30.1 Å². The molecule has 0 unspecified atom stereocenters. The highest BCUT2D eigenvalue weighted by Crippen LogP contribution is 2.25. The maximum Gasteiger partial charge on any atom is 0.269 e. The molecule has 1 fully saturated rings. The Morgan fingerprint density at radius 1 is 1.17 bits per heavy atom. The average molecular weight is 407 g/mol. The molecule has 154 valence electrons. The Kier molecular flexibility index (Phi) is 5.38. The van der Waals surface area contributed by atoms with Gasteiger partial charge in [-0.05, 0) is 49.6 Å². The Hall–Kier alpha value is -3.82. The second-order valence-electron chi connectivity index (χ2n) is 7.21. The molecule has 0 saturated carbocycles. The molecule has 3 heterocycles. The Bertz CT molecular complexity index is 1040. The van der Waals surface area contributed by atoms with Crippen molar-refractivity contribution >= 4 is 23.1 Å². The summed E-state index contributed by atoms with van der Waals surface area (Å²) in [6.07, 6.45) is 4.88. The number of anilines is 2. The van der Waals surface area contributed by atoms with E-state index in [4.69, 9.17) is 0 Å². The van der Waals surface area contributed by atoms with Crippen LogP contribution in [0.4, 0.5) is 17.2 Å². The number of nitrogens with one attached hydrogen (secondary N) is 1. The van der Waals surface area contributed by atoms with E-state index in [1.165, 1.54) is 12.1 Å². The van der Waals surface area contributed by atoms with Crippen LogP contribution in [0, 0.1) is 23.0 Å². The number of aromatic nitrogens is 4. The molecule has 10 nitrogen and oxygen atoms in total. The fraction of sp³-hybridized carbons (Fsp3) is 0.300. The number of hydrogen-bond donors (Lipinski definition) is 1. The van der Waals surface area contributed by atoms with Crippen molar-refractivity contribution < 1.29 is 9.72 Å². The van der Waals surface area contributed by atoms with Crippen LogP contribution in [0.5, 0.6) is 0 Å². The zero-order valence-electron chi connectivity index (χ0n) is 16.4. The summed E-state index contributed by atoms with van der Waals surface area (Å²) in [4.78, 5) is 25.2. The van der Waals surface area contributed by atoms with Gasteiger partial charge in [0.1, 0.15) is 0 Å². The van der Waals surface area contributed by atoms with Crippen molar-refractivity contribution in [3.05, 3.63) is 64.5 Å². The molecule has 0 radical (unpaired) electrons. The van der Waals surface area contributed by atoms with Crippen LogP contribution in [0.2, 0.25) is 0 Å². The minimum absolute atomic E-state index is 0.0125. The Morgan fingerprint density at radius 3 is 2.50 bits per heavy atom. The summed E-state index contributed by atoms with van der Waals surface area (Å²) in [6.45, 7) is 3.15. The lowest BCUT2D eigenvalue weighted by Crippen LogP contribution is -2.38. The van der Waals surface area contributed by atoms with Crippen LogP contribution in [0.15, 0.2) is 48.8 Å². The number of carbonyl (C=O) groups excluding carboxylic acids is 1. The Balaban J connectivity index is 1.34. The van der Waals surface area contributed by atoms with Crippen LogP contribution in [-0.2, 0) is 4.79 Å². The third-order valence-electron chi connectivity index (χ3n) is 5.24. The van der Waals surface area contributed by atoms with Gasteiger partial charge in [-0.15, -0.1) is 10.2 Å². The van der Waals surface area contributed by atoms with Gasteiger partial charge in [0.2, 0.25) is 5.91 Å². The zero-order chi connectivity index (χ0) is 21.1. The zero-order valence-corrected chi connectivity index (χ0v) is 16.4. The highest BCUT2D eigenvalue weighted by atomic mass is 16.6. The number of amides is 1. The van der Waals surface area contributed by atoms with E-state index < -0.39 is 4.92 Å². The first-order chi connectivity index (χ1) is 14.5. The minimum atomic E-state index is -0.446. The number of carbonyl (C=O) groups is 1. The molecule has 0 bridgehead atoms. The van der Waals surface area contributed by atoms with Gasteiger partial charge in [0, 0.05) is 49.2 Å². The minimum Gasteiger partial charge on any atom is -0.355 e. The fourth-order valence-electron chi connectivity index (χ4n) is 3.52. The number of aryl methyl sites for hydroxylation is 1. The predicted molar refractivity (Wildman–Crippen MR) is 111 cm³/mol. The number of non-ortho nitro benzene ring substituents is 1. The molecule has 4 rings (SSSR count). The average Bonchev–Trinajstić information content (AvgIpc) is 3.30. The fourth-order valence-corrected chi connectivity index (χ4v) is 3.52. The predicted octanol–water partition coefficient (Wildman–Crippen LogP) is 2.73. The third kappa shape index (κ3) is 4.12. The standard InChI is InChI=1S/C20H21N7O3/c1-14-13-16(27(29)30)3-4-17(14)22-20(28)15-7-11-25(12-8-15)18-5-6-19(24-23-18)26-10-2-9-21-26/h2-6,9-10,13,15H,7-8,11-12H2,1H3,(H,22,28). The number of nitro benzene ring substituents is 1. The van der Waals surface area contributed by atoms with Crippen molar-refractivity contribution in [1.82, 2.24) is 20.0 Å². The molecule has 0 spiro atoms. The quantitative estimate of drug-likeness (QED) is 0.510. The number of nitro groups is 1. The molecule has 1 aliphatic rings. The van der Waals surface area contributed by atoms with Gasteiger partial charge in [-0.3, -0.25) is 14.9 Å². The maximum atomic E-state index is 12.7. The summed E-state index contributed by atoms with van der Waals surface area (Å²) in [5.74, 6) is 1.24. The third-order valence-corrected chi connectivity index (χ3v) is 5.24. The van der Waals surface area contributed by atoms with Crippen molar-refractivity contribution in [2.45, 2.75) is 19.8 Å². The first-order valence-corrected chi connectivity index (χ1v) is 9.66. The molecule has 0 atom stereocenters. The molecule has 1 saturated heterocycles. The number of hydrogen-bond acceptors (Lipinski definition) is 7. The van der Waals surface area contributed by atoms with E-state index in [0.29, 0.717) is 43.0 Å². The maximum absolute atomic E-state index is 12.7. The van der Waals surface area contributed by atoms with Crippen LogP contribution in [-0.4, -0.2) is 43.9 Å². The molecular weight excluding hydrogens is 386 g/mol. The van der Waals surface area contributed by atoms with Crippen LogP contribution in [0.3, 0.4) is 0 Å². The summed E-state index contributed by atoms with van der Waals surface area (Å²) in [5, 5.41) is 26.4. The first-order valence-electron chi connectivity index (χ1n) is 9.66. The molecular formula is C20H21N7O3. The van der Waals surface area contributed by atoms with Crippen molar-refractivity contribution in [2.24, 2.45) is 5.92 Å². The van der Waals surface area contributed by atoms with Crippen LogP contribution < -0.4 is 10.2 Å². The normalized spacial score (nSPS) is 14.5. The van der Waals surface area contributed by atoms with Crippen molar-refractivity contribution in [3.63, 3.8) is 0 Å². The molecule has 30 heavy (non-hydrogen) atoms. The molecule has 1 aromatic carbocycles. The second-order valence-corrected chi connectivity index (χ2v) is 7.21. The van der Waals surface area contributed by atoms with Crippen LogP contribution in [0.25, 0.3) is 5.82 Å². The van der Waals surface area contributed by atoms with E-state index in [9.17, 15) is 14.9 Å².